The van der Waals surface area contributed by atoms with Crippen LogP contribution in [0.25, 0.3) is 0 Å². The second kappa shape index (κ2) is 3.26. The lowest BCUT2D eigenvalue weighted by molar-refractivity contribution is 0.322. The van der Waals surface area contributed by atoms with Crippen LogP contribution in [0.1, 0.15) is 11.1 Å². The molecule has 1 aromatic carbocycles. The first-order chi connectivity index (χ1) is 6.31. The number of ether oxygens (including phenoxy) is 1. The number of hydrogen-bond donors (Lipinski definition) is 1. The Balaban J connectivity index is 2.49. The van der Waals surface area contributed by atoms with E-state index in [1.54, 1.807) is 6.07 Å². The van der Waals surface area contributed by atoms with E-state index in [9.17, 15) is 0 Å². The summed E-state index contributed by atoms with van der Waals surface area (Å²) in [4.78, 5) is 0. The van der Waals surface area contributed by atoms with Gasteiger partial charge in [0.2, 0.25) is 0 Å². The summed E-state index contributed by atoms with van der Waals surface area (Å²) in [6, 6.07) is 3.62. The molecule has 0 amide bonds. The number of rotatable bonds is 1. The Morgan fingerprint density at radius 2 is 2.38 bits per heavy atom. The maximum absolute atomic E-state index is 8.35. The van der Waals surface area contributed by atoms with E-state index in [-0.39, 0.29) is 0 Å². The molecule has 0 unspecified atom stereocenters. The molecule has 0 atom stereocenters. The average Bonchev–Trinajstić information content (AvgIpc) is 2.53. The number of hydrogen-bond acceptors (Lipinski definition) is 3. The molecular formula is C9H8ClNO2. The molecule has 1 aliphatic rings. The molecule has 1 N–H and O–H groups in total. The van der Waals surface area contributed by atoms with Gasteiger partial charge in [-0.15, -0.1) is 0 Å². The van der Waals surface area contributed by atoms with Gasteiger partial charge in [-0.05, 0) is 23.3 Å². The van der Waals surface area contributed by atoms with E-state index < -0.39 is 0 Å². The quantitative estimate of drug-likeness (QED) is 0.426. The topological polar surface area (TPSA) is 41.8 Å². The first-order valence-corrected chi connectivity index (χ1v) is 4.31. The van der Waals surface area contributed by atoms with Crippen LogP contribution in [0.3, 0.4) is 0 Å². The number of oxime groups is 1. The van der Waals surface area contributed by atoms with Crippen molar-refractivity contribution in [1.29, 1.82) is 0 Å². The number of nitrogens with zero attached hydrogens (tertiary/aromatic N) is 1. The lowest BCUT2D eigenvalue weighted by Gasteiger charge is -2.02. The van der Waals surface area contributed by atoms with E-state index in [0.29, 0.717) is 11.6 Å². The second-order valence-electron chi connectivity index (χ2n) is 2.83. The number of halogens is 1. The van der Waals surface area contributed by atoms with Crippen molar-refractivity contribution in [3.63, 3.8) is 0 Å². The van der Waals surface area contributed by atoms with Gasteiger partial charge >= 0.3 is 0 Å². The molecule has 0 saturated carbocycles. The highest BCUT2D eigenvalue weighted by Gasteiger charge is 2.16. The van der Waals surface area contributed by atoms with Crippen LogP contribution in [0.2, 0.25) is 5.02 Å². The molecule has 0 aliphatic carbocycles. The van der Waals surface area contributed by atoms with Gasteiger partial charge in [0.1, 0.15) is 5.75 Å². The zero-order valence-electron chi connectivity index (χ0n) is 6.83. The summed E-state index contributed by atoms with van der Waals surface area (Å²) >= 11 is 5.94. The van der Waals surface area contributed by atoms with Gasteiger partial charge in [-0.1, -0.05) is 16.8 Å². The Hall–Kier alpha value is -1.22. The fourth-order valence-corrected chi connectivity index (χ4v) is 1.73. The Bertz CT molecular complexity index is 363. The second-order valence-corrected chi connectivity index (χ2v) is 3.24. The van der Waals surface area contributed by atoms with Gasteiger partial charge in [-0.3, -0.25) is 0 Å². The van der Waals surface area contributed by atoms with E-state index in [1.807, 2.05) is 6.07 Å². The monoisotopic (exact) mass is 197 g/mol. The van der Waals surface area contributed by atoms with E-state index >= 15 is 0 Å². The highest BCUT2D eigenvalue weighted by atomic mass is 35.5. The van der Waals surface area contributed by atoms with Crippen LogP contribution in [-0.2, 0) is 6.42 Å². The molecule has 1 aromatic rings. The Kier molecular flexibility index (Phi) is 2.10. The first-order valence-electron chi connectivity index (χ1n) is 3.94. The fraction of sp³-hybridized carbons (Fsp3) is 0.222. The molecule has 3 nitrogen and oxygen atoms in total. The van der Waals surface area contributed by atoms with Crippen molar-refractivity contribution in [3.05, 3.63) is 28.3 Å². The third-order valence-corrected chi connectivity index (χ3v) is 2.25. The van der Waals surface area contributed by atoms with Crippen LogP contribution in [-0.4, -0.2) is 18.0 Å². The molecule has 0 fully saturated rings. The van der Waals surface area contributed by atoms with Crippen LogP contribution < -0.4 is 4.74 Å². The summed E-state index contributed by atoms with van der Waals surface area (Å²) in [5, 5.41) is 11.9. The average molecular weight is 198 g/mol. The molecule has 1 aliphatic heterocycles. The smallest absolute Gasteiger partial charge is 0.141 e. The minimum Gasteiger partial charge on any atom is -0.491 e. The van der Waals surface area contributed by atoms with E-state index in [4.69, 9.17) is 21.5 Å². The largest absolute Gasteiger partial charge is 0.491 e. The highest BCUT2D eigenvalue weighted by Crippen LogP contribution is 2.34. The third kappa shape index (κ3) is 1.47. The minimum atomic E-state index is 0.574. The van der Waals surface area contributed by atoms with Gasteiger partial charge in [0.05, 0.1) is 17.8 Å². The lowest BCUT2D eigenvalue weighted by Crippen LogP contribution is -1.86. The van der Waals surface area contributed by atoms with Crippen molar-refractivity contribution in [1.82, 2.24) is 0 Å². The van der Waals surface area contributed by atoms with Crippen molar-refractivity contribution in [2.45, 2.75) is 6.42 Å². The summed E-state index contributed by atoms with van der Waals surface area (Å²) in [7, 11) is 0. The van der Waals surface area contributed by atoms with Crippen molar-refractivity contribution in [2.75, 3.05) is 6.61 Å². The highest BCUT2D eigenvalue weighted by molar-refractivity contribution is 6.32. The van der Waals surface area contributed by atoms with E-state index in [1.165, 1.54) is 6.21 Å². The maximum atomic E-state index is 8.35. The summed E-state index contributed by atoms with van der Waals surface area (Å²) in [6.45, 7) is 0.675. The number of benzene rings is 1. The van der Waals surface area contributed by atoms with E-state index in [0.717, 1.165) is 23.3 Å². The minimum absolute atomic E-state index is 0.574. The molecule has 1 heterocycles. The molecule has 68 valence electrons. The molecule has 0 aromatic heterocycles. The molecule has 0 radical (unpaired) electrons. The van der Waals surface area contributed by atoms with Gasteiger partial charge in [0, 0.05) is 6.42 Å². The summed E-state index contributed by atoms with van der Waals surface area (Å²) in [5.41, 5.74) is 1.86. The summed E-state index contributed by atoms with van der Waals surface area (Å²) < 4.78 is 5.32. The van der Waals surface area contributed by atoms with E-state index in [2.05, 4.69) is 5.16 Å². The first kappa shape index (κ1) is 8.38. The summed E-state index contributed by atoms with van der Waals surface area (Å²) in [6.07, 6.45) is 2.21. The van der Waals surface area contributed by atoms with Crippen molar-refractivity contribution in [3.8, 4) is 5.75 Å². The van der Waals surface area contributed by atoms with Crippen LogP contribution in [0.15, 0.2) is 17.3 Å². The van der Waals surface area contributed by atoms with Gasteiger partial charge in [-0.2, -0.15) is 0 Å². The molecule has 0 saturated heterocycles. The van der Waals surface area contributed by atoms with Crippen LogP contribution >= 0.6 is 11.6 Å². The Morgan fingerprint density at radius 3 is 3.15 bits per heavy atom. The molecule has 0 spiro atoms. The normalized spacial score (nSPS) is 14.5. The van der Waals surface area contributed by atoms with Crippen LogP contribution in [0, 0.1) is 0 Å². The Labute approximate surface area is 80.6 Å². The van der Waals surface area contributed by atoms with Crippen LogP contribution in [0.4, 0.5) is 0 Å². The third-order valence-electron chi connectivity index (χ3n) is 1.97. The van der Waals surface area contributed by atoms with Crippen molar-refractivity contribution < 1.29 is 9.94 Å². The fourth-order valence-electron chi connectivity index (χ4n) is 1.43. The van der Waals surface area contributed by atoms with Crippen molar-refractivity contribution >= 4 is 17.8 Å². The number of fused-ring (bicyclic) bond motifs is 1. The molecular weight excluding hydrogens is 190 g/mol. The molecule has 0 bridgehead atoms. The zero-order chi connectivity index (χ0) is 9.26. The standard InChI is InChI=1S/C9H8ClNO2/c10-8-4-6(5-11-12)3-7-1-2-13-9(7)8/h3-5,12H,1-2H2/b11-5-. The molecule has 4 heteroatoms. The predicted molar refractivity (Wildman–Crippen MR) is 50.0 cm³/mol. The van der Waals surface area contributed by atoms with Gasteiger partial charge in [0.25, 0.3) is 0 Å². The Morgan fingerprint density at radius 1 is 1.54 bits per heavy atom. The van der Waals surface area contributed by atoms with Gasteiger partial charge in [0.15, 0.2) is 0 Å². The van der Waals surface area contributed by atoms with Crippen LogP contribution in [0.5, 0.6) is 5.75 Å². The van der Waals surface area contributed by atoms with Crippen molar-refractivity contribution in [2.24, 2.45) is 5.16 Å². The maximum Gasteiger partial charge on any atom is 0.141 e. The zero-order valence-corrected chi connectivity index (χ0v) is 7.58. The van der Waals surface area contributed by atoms with Gasteiger partial charge < -0.3 is 9.94 Å². The lowest BCUT2D eigenvalue weighted by atomic mass is 10.1. The SMILES string of the molecule is O/N=C\c1cc(Cl)c2c(c1)CCO2. The summed E-state index contributed by atoms with van der Waals surface area (Å²) in [5.74, 6) is 0.761. The molecule has 2 rings (SSSR count). The van der Waals surface area contributed by atoms with Gasteiger partial charge in [-0.25, -0.2) is 0 Å². The molecule has 13 heavy (non-hydrogen) atoms. The predicted octanol–water partition coefficient (Wildman–Crippen LogP) is 2.08.